The molecule has 0 spiro atoms. The monoisotopic (exact) mass is 142 g/mol. The second kappa shape index (κ2) is 2.43. The highest BCUT2D eigenvalue weighted by atomic mass is 16.5. The van der Waals surface area contributed by atoms with Gasteiger partial charge in [-0.3, -0.25) is 0 Å². The summed E-state index contributed by atoms with van der Waals surface area (Å²) in [5.74, 6) is -0.00606. The SMILES string of the molecule is [2H]C([2H])([2H])Oc1ccc(N)c(N)n1. The number of ether oxygens (including phenoxy) is 1. The van der Waals surface area contributed by atoms with Crippen molar-refractivity contribution < 1.29 is 8.85 Å². The molecule has 54 valence electrons. The van der Waals surface area contributed by atoms with Crippen LogP contribution in [0.1, 0.15) is 4.11 Å². The maximum absolute atomic E-state index is 6.79. The number of hydrogen-bond donors (Lipinski definition) is 2. The van der Waals surface area contributed by atoms with E-state index in [1.807, 2.05) is 0 Å². The third kappa shape index (κ3) is 1.10. The van der Waals surface area contributed by atoms with Crippen LogP contribution in [0.5, 0.6) is 5.88 Å². The highest BCUT2D eigenvalue weighted by Gasteiger charge is 1.96. The quantitative estimate of drug-likeness (QED) is 0.589. The minimum atomic E-state index is -2.52. The molecular weight excluding hydrogens is 130 g/mol. The Morgan fingerprint density at radius 1 is 1.60 bits per heavy atom. The highest BCUT2D eigenvalue weighted by Crippen LogP contribution is 2.15. The van der Waals surface area contributed by atoms with E-state index in [4.69, 9.17) is 15.6 Å². The molecule has 0 aliphatic rings. The first kappa shape index (κ1) is 3.65. The molecule has 0 aromatic carbocycles. The van der Waals surface area contributed by atoms with Crippen LogP contribution in [-0.2, 0) is 0 Å². The normalized spacial score (nSPS) is 15.0. The Kier molecular flexibility index (Phi) is 0.887. The van der Waals surface area contributed by atoms with Gasteiger partial charge in [0.15, 0.2) is 5.82 Å². The van der Waals surface area contributed by atoms with Crippen molar-refractivity contribution in [1.82, 2.24) is 4.98 Å². The number of pyridine rings is 1. The van der Waals surface area contributed by atoms with Gasteiger partial charge in [-0.2, -0.15) is 4.98 Å². The van der Waals surface area contributed by atoms with Gasteiger partial charge in [0.05, 0.1) is 16.8 Å². The number of anilines is 2. The maximum Gasteiger partial charge on any atom is 0.215 e. The molecule has 0 fully saturated rings. The Morgan fingerprint density at radius 3 is 3.00 bits per heavy atom. The van der Waals surface area contributed by atoms with Gasteiger partial charge < -0.3 is 16.2 Å². The van der Waals surface area contributed by atoms with Crippen molar-refractivity contribution in [2.45, 2.75) is 0 Å². The molecule has 1 aromatic rings. The van der Waals surface area contributed by atoms with Crippen LogP contribution >= 0.6 is 0 Å². The Balaban J connectivity index is 2.86. The summed E-state index contributed by atoms with van der Waals surface area (Å²) in [6.45, 7) is 0. The fraction of sp³-hybridized carbons (Fsp3) is 0.167. The van der Waals surface area contributed by atoms with E-state index >= 15 is 0 Å². The van der Waals surface area contributed by atoms with E-state index in [2.05, 4.69) is 9.72 Å². The lowest BCUT2D eigenvalue weighted by atomic mass is 10.4. The molecule has 0 saturated carbocycles. The van der Waals surface area contributed by atoms with Gasteiger partial charge in [0.2, 0.25) is 5.88 Å². The summed E-state index contributed by atoms with van der Waals surface area (Å²) in [5, 5.41) is 0. The predicted octanol–water partition coefficient (Wildman–Crippen LogP) is 0.255. The van der Waals surface area contributed by atoms with Crippen LogP contribution in [0.3, 0.4) is 0 Å². The lowest BCUT2D eigenvalue weighted by Crippen LogP contribution is -1.98. The van der Waals surface area contributed by atoms with Gasteiger partial charge >= 0.3 is 0 Å². The molecule has 4 N–H and O–H groups in total. The lowest BCUT2D eigenvalue weighted by molar-refractivity contribution is 0.399. The topological polar surface area (TPSA) is 74.2 Å². The second-order valence-electron chi connectivity index (χ2n) is 1.73. The van der Waals surface area contributed by atoms with Gasteiger partial charge in [-0.25, -0.2) is 0 Å². The molecule has 0 aliphatic heterocycles. The molecule has 0 amide bonds. The van der Waals surface area contributed by atoms with Crippen molar-refractivity contribution in [2.75, 3.05) is 18.5 Å². The van der Waals surface area contributed by atoms with Gasteiger partial charge in [-0.05, 0) is 6.07 Å². The van der Waals surface area contributed by atoms with Crippen molar-refractivity contribution in [3.05, 3.63) is 12.1 Å². The summed E-state index contributed by atoms with van der Waals surface area (Å²) in [7, 11) is -2.52. The van der Waals surface area contributed by atoms with Crippen LogP contribution in [-0.4, -0.2) is 12.0 Å². The van der Waals surface area contributed by atoms with Crippen LogP contribution in [0, 0.1) is 0 Å². The summed E-state index contributed by atoms with van der Waals surface area (Å²) in [5.41, 5.74) is 11.0. The van der Waals surface area contributed by atoms with E-state index in [0.717, 1.165) is 0 Å². The molecule has 1 heterocycles. The van der Waals surface area contributed by atoms with Crippen LogP contribution in [0.2, 0.25) is 0 Å². The number of aromatic nitrogens is 1. The molecule has 4 nitrogen and oxygen atoms in total. The zero-order valence-corrected chi connectivity index (χ0v) is 5.16. The third-order valence-corrected chi connectivity index (χ3v) is 1.04. The Labute approximate surface area is 63.0 Å². The van der Waals surface area contributed by atoms with E-state index in [1.165, 1.54) is 12.1 Å². The van der Waals surface area contributed by atoms with Crippen molar-refractivity contribution in [1.29, 1.82) is 0 Å². The fourth-order valence-corrected chi connectivity index (χ4v) is 0.524. The van der Waals surface area contributed by atoms with E-state index in [9.17, 15) is 0 Å². The average molecular weight is 142 g/mol. The smallest absolute Gasteiger partial charge is 0.215 e. The van der Waals surface area contributed by atoms with E-state index in [-0.39, 0.29) is 17.4 Å². The molecule has 4 heteroatoms. The minimum absolute atomic E-state index is 0.0572. The van der Waals surface area contributed by atoms with Gasteiger partial charge in [-0.15, -0.1) is 0 Å². The van der Waals surface area contributed by atoms with Crippen LogP contribution in [0.25, 0.3) is 0 Å². The summed E-state index contributed by atoms with van der Waals surface area (Å²) < 4.78 is 24.9. The molecule has 0 bridgehead atoms. The van der Waals surface area contributed by atoms with Crippen LogP contribution in [0.4, 0.5) is 11.5 Å². The molecule has 1 aromatic heterocycles. The number of nitrogens with zero attached hydrogens (tertiary/aromatic N) is 1. The Hall–Kier alpha value is -1.45. The lowest BCUT2D eigenvalue weighted by Gasteiger charge is -2.00. The Bertz CT molecular complexity index is 312. The highest BCUT2D eigenvalue weighted by molar-refractivity contribution is 5.58. The van der Waals surface area contributed by atoms with Crippen molar-refractivity contribution >= 4 is 11.5 Å². The average Bonchev–Trinajstić information content (AvgIpc) is 1.94. The zero-order chi connectivity index (χ0) is 10.1. The first-order valence-electron chi connectivity index (χ1n) is 4.09. The van der Waals surface area contributed by atoms with Gasteiger partial charge in [-0.1, -0.05) is 0 Å². The molecular formula is C6H9N3O. The van der Waals surface area contributed by atoms with E-state index < -0.39 is 7.04 Å². The van der Waals surface area contributed by atoms with Gasteiger partial charge in [0.25, 0.3) is 0 Å². The Morgan fingerprint density at radius 2 is 2.40 bits per heavy atom. The van der Waals surface area contributed by atoms with Gasteiger partial charge in [0, 0.05) is 6.07 Å². The second-order valence-corrected chi connectivity index (χ2v) is 1.73. The number of nitrogens with two attached hydrogens (primary N) is 2. The molecule has 10 heavy (non-hydrogen) atoms. The first-order chi connectivity index (χ1) is 5.88. The summed E-state index contributed by atoms with van der Waals surface area (Å²) in [4.78, 5) is 3.63. The first-order valence-corrected chi connectivity index (χ1v) is 2.59. The number of methoxy groups -OCH3 is 1. The summed E-state index contributed by atoms with van der Waals surface area (Å²) >= 11 is 0. The van der Waals surface area contributed by atoms with Crippen molar-refractivity contribution in [3.8, 4) is 5.88 Å². The standard InChI is InChI=1S/C6H9N3O/c1-10-5-3-2-4(7)6(8)9-5/h2-3H,7H2,1H3,(H2,8,9)/i1D3. The summed E-state index contributed by atoms with van der Waals surface area (Å²) in [6, 6.07) is 2.78. The number of hydrogen-bond acceptors (Lipinski definition) is 4. The minimum Gasteiger partial charge on any atom is -0.481 e. The molecule has 0 saturated heterocycles. The third-order valence-electron chi connectivity index (χ3n) is 1.04. The summed E-state index contributed by atoms with van der Waals surface area (Å²) in [6.07, 6.45) is 0. The largest absolute Gasteiger partial charge is 0.481 e. The van der Waals surface area contributed by atoms with E-state index in [1.54, 1.807) is 0 Å². The van der Waals surface area contributed by atoms with Crippen LogP contribution < -0.4 is 16.2 Å². The predicted molar refractivity (Wildman–Crippen MR) is 39.6 cm³/mol. The van der Waals surface area contributed by atoms with Crippen LogP contribution in [0.15, 0.2) is 12.1 Å². The maximum atomic E-state index is 6.79. The molecule has 0 radical (unpaired) electrons. The fourth-order valence-electron chi connectivity index (χ4n) is 0.524. The van der Waals surface area contributed by atoms with Crippen molar-refractivity contribution in [3.63, 3.8) is 0 Å². The zero-order valence-electron chi connectivity index (χ0n) is 8.16. The number of nitrogen functional groups attached to an aromatic ring is 2. The number of rotatable bonds is 1. The van der Waals surface area contributed by atoms with Crippen molar-refractivity contribution in [2.24, 2.45) is 0 Å². The molecule has 1 rings (SSSR count). The molecule has 0 aliphatic carbocycles. The molecule has 0 unspecified atom stereocenters. The van der Waals surface area contributed by atoms with Gasteiger partial charge in [0.1, 0.15) is 0 Å². The van der Waals surface area contributed by atoms with E-state index in [0.29, 0.717) is 0 Å². The molecule has 0 atom stereocenters.